The van der Waals surface area contributed by atoms with Crippen LogP contribution in [0.5, 0.6) is 0 Å². The van der Waals surface area contributed by atoms with Gasteiger partial charge in [0.2, 0.25) is 0 Å². The Kier molecular flexibility index (Phi) is 5.97. The Bertz CT molecular complexity index is 820. The summed E-state index contributed by atoms with van der Waals surface area (Å²) in [4.78, 5) is 25.5. The number of benzene rings is 1. The number of aromatic nitrogens is 1. The molecule has 2 saturated heterocycles. The number of carbonyl (C=O) groups is 1. The molecule has 3 heterocycles. The third-order valence-corrected chi connectivity index (χ3v) is 6.91. The highest BCUT2D eigenvalue weighted by atomic mass is 32.1. The normalized spacial score (nSPS) is 18.5. The lowest BCUT2D eigenvalue weighted by Gasteiger charge is -2.36. The summed E-state index contributed by atoms with van der Waals surface area (Å²) in [6.45, 7) is 10.6. The standard InChI is InChI=1S/C22H30N4OS/c1-17-7-6-8-19(15-17)25-11-13-26(14-12-25)22(27)21-18(2)23-20(28-21)16-24-9-4-3-5-10-24/h6-8,15H,3-5,9-14,16H2,1-2H3. The number of likely N-dealkylation sites (tertiary alicyclic amines) is 1. The zero-order chi connectivity index (χ0) is 19.5. The smallest absolute Gasteiger partial charge is 0.265 e. The lowest BCUT2D eigenvalue weighted by molar-refractivity contribution is 0.0750. The number of carbonyl (C=O) groups excluding carboxylic acids is 1. The van der Waals surface area contributed by atoms with Crippen molar-refractivity contribution in [3.8, 4) is 0 Å². The number of piperidine rings is 1. The van der Waals surface area contributed by atoms with Crippen LogP contribution in [0.2, 0.25) is 0 Å². The highest BCUT2D eigenvalue weighted by molar-refractivity contribution is 7.13. The van der Waals surface area contributed by atoms with E-state index >= 15 is 0 Å². The van der Waals surface area contributed by atoms with Crippen molar-refractivity contribution in [2.45, 2.75) is 39.7 Å². The van der Waals surface area contributed by atoms with Crippen molar-refractivity contribution in [1.82, 2.24) is 14.8 Å². The minimum absolute atomic E-state index is 0.156. The van der Waals surface area contributed by atoms with Gasteiger partial charge in [0.05, 0.1) is 12.2 Å². The molecule has 0 bridgehead atoms. The van der Waals surface area contributed by atoms with Gasteiger partial charge in [-0.15, -0.1) is 11.3 Å². The van der Waals surface area contributed by atoms with Gasteiger partial charge in [-0.05, 0) is 57.5 Å². The van der Waals surface area contributed by atoms with Crippen LogP contribution in [0, 0.1) is 13.8 Å². The number of thiazole rings is 1. The van der Waals surface area contributed by atoms with Crippen molar-refractivity contribution < 1.29 is 4.79 Å². The SMILES string of the molecule is Cc1cccc(N2CCN(C(=O)c3sc(CN4CCCCC4)nc3C)CC2)c1. The van der Waals surface area contributed by atoms with E-state index in [2.05, 4.69) is 41.0 Å². The second kappa shape index (κ2) is 8.62. The van der Waals surface area contributed by atoms with Gasteiger partial charge in [-0.1, -0.05) is 18.6 Å². The highest BCUT2D eigenvalue weighted by Gasteiger charge is 2.26. The van der Waals surface area contributed by atoms with Gasteiger partial charge in [-0.2, -0.15) is 0 Å². The Morgan fingerprint density at radius 2 is 1.79 bits per heavy atom. The molecular weight excluding hydrogens is 368 g/mol. The Morgan fingerprint density at radius 1 is 1.04 bits per heavy atom. The number of hydrogen-bond donors (Lipinski definition) is 0. The topological polar surface area (TPSA) is 39.7 Å². The molecule has 2 aliphatic rings. The fourth-order valence-corrected chi connectivity index (χ4v) is 5.24. The number of aryl methyl sites for hydroxylation is 2. The van der Waals surface area contributed by atoms with Gasteiger partial charge in [-0.25, -0.2) is 4.98 Å². The largest absolute Gasteiger partial charge is 0.368 e. The average molecular weight is 399 g/mol. The molecule has 0 unspecified atom stereocenters. The van der Waals surface area contributed by atoms with Crippen LogP contribution in [-0.2, 0) is 6.54 Å². The maximum Gasteiger partial charge on any atom is 0.265 e. The molecule has 1 amide bonds. The number of nitrogens with zero attached hydrogens (tertiary/aromatic N) is 4. The first-order chi connectivity index (χ1) is 13.6. The van der Waals surface area contributed by atoms with Gasteiger partial charge in [-0.3, -0.25) is 9.69 Å². The molecule has 0 radical (unpaired) electrons. The summed E-state index contributed by atoms with van der Waals surface area (Å²) in [5.41, 5.74) is 3.42. The number of piperazine rings is 1. The Labute approximate surface area is 172 Å². The van der Waals surface area contributed by atoms with E-state index in [1.807, 2.05) is 11.8 Å². The number of anilines is 1. The monoisotopic (exact) mass is 398 g/mol. The van der Waals surface area contributed by atoms with Crippen LogP contribution < -0.4 is 4.90 Å². The number of hydrogen-bond acceptors (Lipinski definition) is 5. The van der Waals surface area contributed by atoms with Crippen molar-refractivity contribution in [3.63, 3.8) is 0 Å². The summed E-state index contributed by atoms with van der Waals surface area (Å²) < 4.78 is 0. The summed E-state index contributed by atoms with van der Waals surface area (Å²) >= 11 is 1.60. The minimum Gasteiger partial charge on any atom is -0.368 e. The predicted octanol–water partition coefficient (Wildman–Crippen LogP) is 3.71. The fourth-order valence-electron chi connectivity index (χ4n) is 4.16. The molecule has 4 rings (SSSR count). The van der Waals surface area contributed by atoms with E-state index in [-0.39, 0.29) is 5.91 Å². The predicted molar refractivity (Wildman–Crippen MR) is 115 cm³/mol. The lowest BCUT2D eigenvalue weighted by atomic mass is 10.1. The van der Waals surface area contributed by atoms with Crippen molar-refractivity contribution in [3.05, 3.63) is 45.4 Å². The third-order valence-electron chi connectivity index (χ3n) is 5.78. The maximum atomic E-state index is 13.1. The Hall–Kier alpha value is -1.92. The second-order valence-electron chi connectivity index (χ2n) is 7.98. The van der Waals surface area contributed by atoms with Crippen LogP contribution >= 0.6 is 11.3 Å². The van der Waals surface area contributed by atoms with Gasteiger partial charge in [0.15, 0.2) is 0 Å². The van der Waals surface area contributed by atoms with E-state index in [1.54, 1.807) is 11.3 Å². The molecule has 28 heavy (non-hydrogen) atoms. The van der Waals surface area contributed by atoms with E-state index in [4.69, 9.17) is 4.98 Å². The van der Waals surface area contributed by atoms with E-state index in [9.17, 15) is 4.79 Å². The molecule has 6 heteroatoms. The summed E-state index contributed by atoms with van der Waals surface area (Å²) in [7, 11) is 0. The van der Waals surface area contributed by atoms with Crippen LogP contribution in [0.3, 0.4) is 0 Å². The van der Waals surface area contributed by atoms with Crippen LogP contribution in [0.4, 0.5) is 5.69 Å². The molecule has 0 saturated carbocycles. The van der Waals surface area contributed by atoms with Gasteiger partial charge in [0.25, 0.3) is 5.91 Å². The quantitative estimate of drug-likeness (QED) is 0.787. The highest BCUT2D eigenvalue weighted by Crippen LogP contribution is 2.24. The van der Waals surface area contributed by atoms with Gasteiger partial charge < -0.3 is 9.80 Å². The molecule has 0 aliphatic carbocycles. The summed E-state index contributed by atoms with van der Waals surface area (Å²) in [6.07, 6.45) is 3.90. The minimum atomic E-state index is 0.156. The Balaban J connectivity index is 1.37. The molecule has 2 fully saturated rings. The van der Waals surface area contributed by atoms with Crippen LogP contribution in [0.1, 0.15) is 45.2 Å². The lowest BCUT2D eigenvalue weighted by Crippen LogP contribution is -2.48. The molecule has 2 aliphatic heterocycles. The molecular formula is C22H30N4OS. The summed E-state index contributed by atoms with van der Waals surface area (Å²) in [6, 6.07) is 8.60. The van der Waals surface area contributed by atoms with Crippen LogP contribution in [-0.4, -0.2) is 60.0 Å². The summed E-state index contributed by atoms with van der Waals surface area (Å²) in [5, 5.41) is 1.08. The first-order valence-corrected chi connectivity index (χ1v) is 11.2. The zero-order valence-electron chi connectivity index (χ0n) is 17.0. The van der Waals surface area contributed by atoms with Crippen molar-refractivity contribution >= 4 is 22.9 Å². The third kappa shape index (κ3) is 4.39. The van der Waals surface area contributed by atoms with Crippen LogP contribution in [0.15, 0.2) is 24.3 Å². The molecule has 5 nitrogen and oxygen atoms in total. The van der Waals surface area contributed by atoms with Crippen LogP contribution in [0.25, 0.3) is 0 Å². The first-order valence-electron chi connectivity index (χ1n) is 10.4. The zero-order valence-corrected chi connectivity index (χ0v) is 17.8. The molecule has 1 aromatic heterocycles. The Morgan fingerprint density at radius 3 is 2.50 bits per heavy atom. The molecule has 0 atom stereocenters. The summed E-state index contributed by atoms with van der Waals surface area (Å²) in [5.74, 6) is 0.156. The van der Waals surface area contributed by atoms with Gasteiger partial charge in [0.1, 0.15) is 9.88 Å². The second-order valence-corrected chi connectivity index (χ2v) is 9.06. The molecule has 0 spiro atoms. The van der Waals surface area contributed by atoms with Crippen molar-refractivity contribution in [1.29, 1.82) is 0 Å². The van der Waals surface area contributed by atoms with E-state index < -0.39 is 0 Å². The maximum absolute atomic E-state index is 13.1. The van der Waals surface area contributed by atoms with E-state index in [0.29, 0.717) is 0 Å². The fraction of sp³-hybridized carbons (Fsp3) is 0.545. The molecule has 150 valence electrons. The molecule has 0 N–H and O–H groups in total. The van der Waals surface area contributed by atoms with Gasteiger partial charge in [0, 0.05) is 31.9 Å². The van der Waals surface area contributed by atoms with Crippen molar-refractivity contribution in [2.24, 2.45) is 0 Å². The number of amides is 1. The van der Waals surface area contributed by atoms with Crippen molar-refractivity contribution in [2.75, 3.05) is 44.2 Å². The number of rotatable bonds is 4. The average Bonchev–Trinajstić information content (AvgIpc) is 3.08. The molecule has 1 aromatic carbocycles. The van der Waals surface area contributed by atoms with E-state index in [0.717, 1.165) is 61.4 Å². The first kappa shape index (κ1) is 19.4. The van der Waals surface area contributed by atoms with Gasteiger partial charge >= 0.3 is 0 Å². The van der Waals surface area contributed by atoms with E-state index in [1.165, 1.54) is 30.5 Å². The molecule has 2 aromatic rings.